The van der Waals surface area contributed by atoms with Crippen LogP contribution in [0.4, 0.5) is 0 Å². The first-order valence-electron chi connectivity index (χ1n) is 13.3. The van der Waals surface area contributed by atoms with Crippen molar-refractivity contribution in [2.45, 2.75) is 26.5 Å². The average molecular weight is 668 g/mol. The Morgan fingerprint density at radius 3 is 2.56 bits per heavy atom. The molecule has 0 fully saturated rings. The van der Waals surface area contributed by atoms with Gasteiger partial charge in [-0.2, -0.15) is 5.10 Å². The summed E-state index contributed by atoms with van der Waals surface area (Å²) in [5.74, 6) is 0.507. The normalized spacial score (nSPS) is 14.5. The molecule has 1 atom stereocenters. The Bertz CT molecular complexity index is 1550. The van der Waals surface area contributed by atoms with Gasteiger partial charge in [-0.05, 0) is 71.3 Å². The molecule has 0 spiro atoms. The number of ether oxygens (including phenoxy) is 4. The van der Waals surface area contributed by atoms with Gasteiger partial charge in [0.05, 0.1) is 36.0 Å². The molecule has 3 aromatic carbocycles. The number of carbonyl (C=O) groups excluding carboxylic acids is 2. The number of hydrogen-bond donors (Lipinski definition) is 3. The number of thiocarbonyl (C=S) groups is 1. The molecule has 12 heteroatoms. The molecule has 3 aromatic rings. The number of para-hydroxylation sites is 1. The fourth-order valence-electron chi connectivity index (χ4n) is 4.30. The number of hydrazone groups is 1. The molecule has 224 valence electrons. The van der Waals surface area contributed by atoms with Gasteiger partial charge in [-0.15, -0.1) is 0 Å². The van der Waals surface area contributed by atoms with E-state index in [0.29, 0.717) is 55.8 Å². The molecule has 0 radical (unpaired) electrons. The van der Waals surface area contributed by atoms with Gasteiger partial charge in [0.15, 0.2) is 23.2 Å². The largest absolute Gasteiger partial charge is 0.493 e. The number of halogens is 1. The number of hydrogen-bond acceptors (Lipinski definition) is 8. The van der Waals surface area contributed by atoms with Crippen LogP contribution in [0, 0.1) is 0 Å². The zero-order valence-corrected chi connectivity index (χ0v) is 26.2. The summed E-state index contributed by atoms with van der Waals surface area (Å²) in [7, 11) is 1.55. The minimum absolute atomic E-state index is 0.224. The van der Waals surface area contributed by atoms with Crippen LogP contribution in [0.5, 0.6) is 17.2 Å². The number of esters is 1. The van der Waals surface area contributed by atoms with Gasteiger partial charge in [-0.3, -0.25) is 4.79 Å². The maximum Gasteiger partial charge on any atom is 0.338 e. The molecule has 0 aliphatic carbocycles. The molecule has 1 aliphatic heterocycles. The highest BCUT2D eigenvalue weighted by molar-refractivity contribution is 9.10. The number of methoxy groups -OCH3 is 1. The van der Waals surface area contributed by atoms with Crippen LogP contribution in [0.3, 0.4) is 0 Å². The molecular formula is C31H31BrN4O6S. The Hall–Kier alpha value is -4.42. The van der Waals surface area contributed by atoms with Crippen LogP contribution in [0.15, 0.2) is 87.6 Å². The summed E-state index contributed by atoms with van der Waals surface area (Å²) >= 11 is 8.85. The second kappa shape index (κ2) is 15.2. The fraction of sp³-hybridized carbons (Fsp3) is 0.226. The van der Waals surface area contributed by atoms with Gasteiger partial charge in [0.1, 0.15) is 12.4 Å². The lowest BCUT2D eigenvalue weighted by atomic mass is 9.95. The first-order chi connectivity index (χ1) is 20.8. The van der Waals surface area contributed by atoms with Gasteiger partial charge in [0.25, 0.3) is 5.91 Å². The van der Waals surface area contributed by atoms with E-state index in [-0.39, 0.29) is 13.2 Å². The van der Waals surface area contributed by atoms with Gasteiger partial charge < -0.3 is 29.6 Å². The Kier molecular flexibility index (Phi) is 11.1. The molecule has 0 aromatic heterocycles. The molecular weight excluding hydrogens is 636 g/mol. The van der Waals surface area contributed by atoms with Crippen LogP contribution in [0.25, 0.3) is 0 Å². The Morgan fingerprint density at radius 1 is 1.07 bits per heavy atom. The average Bonchev–Trinajstić information content (AvgIpc) is 2.99. The lowest BCUT2D eigenvalue weighted by Gasteiger charge is -2.30. The SMILES string of the molecule is CCOC(=O)C1=C(C)NC(=S)N[C@@H]1c1ccccc1OCC(=O)NN=Cc1cc(Br)c(OCc2ccccc2)c(OC)c1. The maximum absolute atomic E-state index is 12.7. The van der Waals surface area contributed by atoms with Crippen molar-refractivity contribution in [2.75, 3.05) is 20.3 Å². The molecule has 1 aliphatic rings. The molecule has 0 saturated carbocycles. The van der Waals surface area contributed by atoms with Gasteiger partial charge in [-0.25, -0.2) is 10.2 Å². The third kappa shape index (κ3) is 8.33. The quantitative estimate of drug-likeness (QED) is 0.107. The Morgan fingerprint density at radius 2 is 1.81 bits per heavy atom. The van der Waals surface area contributed by atoms with Crippen LogP contribution in [-0.4, -0.2) is 43.5 Å². The molecule has 1 amide bonds. The number of rotatable bonds is 12. The number of carbonyl (C=O) groups is 2. The van der Waals surface area contributed by atoms with Crippen molar-refractivity contribution in [2.24, 2.45) is 5.10 Å². The van der Waals surface area contributed by atoms with Crippen LogP contribution in [0.2, 0.25) is 0 Å². The molecule has 4 rings (SSSR count). The van der Waals surface area contributed by atoms with E-state index in [1.54, 1.807) is 51.3 Å². The predicted molar refractivity (Wildman–Crippen MR) is 170 cm³/mol. The van der Waals surface area contributed by atoms with Crippen molar-refractivity contribution in [3.05, 3.63) is 99.2 Å². The Labute approximate surface area is 263 Å². The summed E-state index contributed by atoms with van der Waals surface area (Å²) in [6.45, 7) is 3.77. The number of nitrogens with one attached hydrogen (secondary N) is 3. The second-order valence-electron chi connectivity index (χ2n) is 9.22. The number of amides is 1. The van der Waals surface area contributed by atoms with Crippen molar-refractivity contribution in [3.8, 4) is 17.2 Å². The van der Waals surface area contributed by atoms with Crippen molar-refractivity contribution in [1.29, 1.82) is 0 Å². The van der Waals surface area contributed by atoms with Crippen molar-refractivity contribution < 1.29 is 28.5 Å². The van der Waals surface area contributed by atoms with Crippen LogP contribution < -0.4 is 30.3 Å². The van der Waals surface area contributed by atoms with E-state index < -0.39 is 17.9 Å². The van der Waals surface area contributed by atoms with Crippen molar-refractivity contribution in [3.63, 3.8) is 0 Å². The molecule has 0 bridgehead atoms. The van der Waals surface area contributed by atoms with E-state index in [1.165, 1.54) is 6.21 Å². The smallest absolute Gasteiger partial charge is 0.338 e. The van der Waals surface area contributed by atoms with E-state index >= 15 is 0 Å². The van der Waals surface area contributed by atoms with E-state index in [2.05, 4.69) is 37.1 Å². The second-order valence-corrected chi connectivity index (χ2v) is 10.5. The Balaban J connectivity index is 1.40. The first kappa shape index (κ1) is 31.5. The predicted octanol–water partition coefficient (Wildman–Crippen LogP) is 4.92. The van der Waals surface area contributed by atoms with Gasteiger partial charge in [0, 0.05) is 11.3 Å². The number of nitrogens with zero attached hydrogens (tertiary/aromatic N) is 1. The van der Waals surface area contributed by atoms with Crippen LogP contribution >= 0.6 is 28.1 Å². The van der Waals surface area contributed by atoms with E-state index in [9.17, 15) is 9.59 Å². The van der Waals surface area contributed by atoms with E-state index in [0.717, 1.165) is 5.56 Å². The lowest BCUT2D eigenvalue weighted by Crippen LogP contribution is -2.45. The molecule has 10 nitrogen and oxygen atoms in total. The van der Waals surface area contributed by atoms with Crippen molar-refractivity contribution >= 4 is 51.4 Å². The molecule has 1 heterocycles. The topological polar surface area (TPSA) is 120 Å². The van der Waals surface area contributed by atoms with Gasteiger partial charge in [0.2, 0.25) is 0 Å². The standard InChI is InChI=1S/C31H31BrN4O6S/c1-4-40-30(38)27-19(2)34-31(43)35-28(27)22-12-8-9-13-24(22)41-18-26(37)36-33-16-21-14-23(32)29(25(15-21)39-3)42-17-20-10-6-5-7-11-20/h5-16,28H,4,17-18H2,1-3H3,(H,36,37)(H2,34,35,43)/t28-/m1/s1. The third-order valence-corrected chi connectivity index (χ3v) is 7.04. The van der Waals surface area contributed by atoms with Crippen LogP contribution in [-0.2, 0) is 20.9 Å². The molecule has 0 unspecified atom stereocenters. The highest BCUT2D eigenvalue weighted by Gasteiger charge is 2.32. The van der Waals surface area contributed by atoms with E-state index in [1.807, 2.05) is 36.4 Å². The highest BCUT2D eigenvalue weighted by Crippen LogP contribution is 2.37. The van der Waals surface area contributed by atoms with Crippen LogP contribution in [0.1, 0.15) is 36.6 Å². The summed E-state index contributed by atoms with van der Waals surface area (Å²) in [6, 6.07) is 19.8. The summed E-state index contributed by atoms with van der Waals surface area (Å²) in [5.41, 5.74) is 5.73. The summed E-state index contributed by atoms with van der Waals surface area (Å²) in [6.07, 6.45) is 1.49. The summed E-state index contributed by atoms with van der Waals surface area (Å²) in [4.78, 5) is 25.3. The maximum atomic E-state index is 12.7. The molecule has 0 saturated heterocycles. The minimum Gasteiger partial charge on any atom is -0.493 e. The zero-order valence-electron chi connectivity index (χ0n) is 23.8. The molecule has 3 N–H and O–H groups in total. The highest BCUT2D eigenvalue weighted by atomic mass is 79.9. The number of allylic oxidation sites excluding steroid dienone is 1. The fourth-order valence-corrected chi connectivity index (χ4v) is 5.14. The zero-order chi connectivity index (χ0) is 30.8. The van der Waals surface area contributed by atoms with E-state index in [4.69, 9.17) is 31.2 Å². The lowest BCUT2D eigenvalue weighted by molar-refractivity contribution is -0.139. The summed E-state index contributed by atoms with van der Waals surface area (Å²) in [5, 5.41) is 10.5. The summed E-state index contributed by atoms with van der Waals surface area (Å²) < 4.78 is 23.2. The van der Waals surface area contributed by atoms with Gasteiger partial charge in [-0.1, -0.05) is 48.5 Å². The monoisotopic (exact) mass is 666 g/mol. The molecule has 43 heavy (non-hydrogen) atoms. The third-order valence-electron chi connectivity index (χ3n) is 6.23. The van der Waals surface area contributed by atoms with Gasteiger partial charge >= 0.3 is 5.97 Å². The number of benzene rings is 3. The minimum atomic E-state index is -0.627. The first-order valence-corrected chi connectivity index (χ1v) is 14.5. The van der Waals surface area contributed by atoms with Crippen molar-refractivity contribution in [1.82, 2.24) is 16.1 Å².